The van der Waals surface area contributed by atoms with Gasteiger partial charge in [-0.1, -0.05) is 20.8 Å². The maximum absolute atomic E-state index is 13.1. The number of piperidine rings is 1. The predicted octanol–water partition coefficient (Wildman–Crippen LogP) is 1.41. The Morgan fingerprint density at radius 1 is 1.14 bits per heavy atom. The lowest BCUT2D eigenvalue weighted by Gasteiger charge is -2.42. The van der Waals surface area contributed by atoms with Crippen LogP contribution in [-0.2, 0) is 23.8 Å². The van der Waals surface area contributed by atoms with Crippen LogP contribution in [0.1, 0.15) is 45.4 Å². The van der Waals surface area contributed by atoms with Crippen LogP contribution in [0.25, 0.3) is 0 Å². The molecule has 0 unspecified atom stereocenters. The van der Waals surface area contributed by atoms with E-state index in [-0.39, 0.29) is 17.4 Å². The Bertz CT molecular complexity index is 845. The first-order valence-electron chi connectivity index (χ1n) is 10.4. The van der Waals surface area contributed by atoms with Gasteiger partial charge in [0.1, 0.15) is 0 Å². The fourth-order valence-corrected chi connectivity index (χ4v) is 4.04. The highest BCUT2D eigenvalue weighted by Gasteiger charge is 2.36. The van der Waals surface area contributed by atoms with E-state index < -0.39 is 0 Å². The molecule has 0 aliphatic carbocycles. The fraction of sp³-hybridized carbons (Fsp3) is 0.700. The lowest BCUT2D eigenvalue weighted by Crippen LogP contribution is -2.57. The van der Waals surface area contributed by atoms with Gasteiger partial charge in [-0.05, 0) is 12.8 Å². The molecule has 4 rings (SSSR count). The van der Waals surface area contributed by atoms with Gasteiger partial charge in [0.25, 0.3) is 0 Å². The number of hydrogen-bond acceptors (Lipinski definition) is 7. The average Bonchev–Trinajstić information content (AvgIpc) is 3.32. The third-order valence-corrected chi connectivity index (χ3v) is 5.73. The van der Waals surface area contributed by atoms with E-state index in [0.29, 0.717) is 18.3 Å². The first kappa shape index (κ1) is 20.0. The molecule has 29 heavy (non-hydrogen) atoms. The second kappa shape index (κ2) is 7.87. The Morgan fingerprint density at radius 3 is 2.52 bits per heavy atom. The Balaban J connectivity index is 1.33. The van der Waals surface area contributed by atoms with E-state index in [1.54, 1.807) is 10.9 Å². The van der Waals surface area contributed by atoms with E-state index >= 15 is 0 Å². The van der Waals surface area contributed by atoms with Crippen molar-refractivity contribution >= 4 is 11.6 Å². The van der Waals surface area contributed by atoms with Crippen LogP contribution in [0.3, 0.4) is 0 Å². The number of rotatable bonds is 4. The van der Waals surface area contributed by atoms with Gasteiger partial charge in [-0.3, -0.25) is 19.3 Å². The molecular weight excluding hydrogens is 370 g/mol. The third kappa shape index (κ3) is 4.35. The highest BCUT2D eigenvalue weighted by atomic mass is 16.4. The molecule has 0 N–H and O–H groups in total. The van der Waals surface area contributed by atoms with Gasteiger partial charge in [0.05, 0.1) is 24.5 Å². The van der Waals surface area contributed by atoms with Gasteiger partial charge in [-0.2, -0.15) is 5.10 Å². The Morgan fingerprint density at radius 2 is 1.90 bits per heavy atom. The van der Waals surface area contributed by atoms with Gasteiger partial charge in [0.2, 0.25) is 17.7 Å². The summed E-state index contributed by atoms with van der Waals surface area (Å²) < 4.78 is 7.57. The smallest absolute Gasteiger partial charge is 0.244 e. The number of piperazine rings is 1. The zero-order valence-electron chi connectivity index (χ0n) is 17.8. The number of amides is 1. The maximum atomic E-state index is 13.1. The molecule has 2 aliphatic heterocycles. The van der Waals surface area contributed by atoms with E-state index in [9.17, 15) is 4.79 Å². The molecule has 9 heteroatoms. The Kier molecular flexibility index (Phi) is 5.44. The number of nitrogens with zero attached hydrogens (tertiary/aromatic N) is 7. The van der Waals surface area contributed by atoms with Gasteiger partial charge < -0.3 is 9.32 Å². The van der Waals surface area contributed by atoms with E-state index in [2.05, 4.69) is 45.9 Å². The monoisotopic (exact) mass is 401 g/mol. The summed E-state index contributed by atoms with van der Waals surface area (Å²) in [5, 5.41) is 12.6. The van der Waals surface area contributed by atoms with Crippen LogP contribution < -0.4 is 4.90 Å². The van der Waals surface area contributed by atoms with Gasteiger partial charge in [0, 0.05) is 51.4 Å². The van der Waals surface area contributed by atoms with Gasteiger partial charge >= 0.3 is 0 Å². The first-order chi connectivity index (χ1) is 13.8. The molecule has 2 fully saturated rings. The number of anilines is 1. The molecule has 0 radical (unpaired) electrons. The van der Waals surface area contributed by atoms with E-state index in [1.807, 2.05) is 18.1 Å². The van der Waals surface area contributed by atoms with Gasteiger partial charge in [-0.15, -0.1) is 10.2 Å². The minimum Gasteiger partial charge on any atom is -0.423 e. The van der Waals surface area contributed by atoms with E-state index in [4.69, 9.17) is 4.42 Å². The molecule has 0 aromatic carbocycles. The molecule has 0 bridgehead atoms. The van der Waals surface area contributed by atoms with Crippen LogP contribution in [0.15, 0.2) is 16.8 Å². The quantitative estimate of drug-likeness (QED) is 0.766. The highest BCUT2D eigenvalue weighted by molar-refractivity contribution is 5.97. The van der Waals surface area contributed by atoms with E-state index in [1.165, 1.54) is 0 Å². The molecule has 2 saturated heterocycles. The molecule has 9 nitrogen and oxygen atoms in total. The molecule has 2 aromatic heterocycles. The Hall–Kier alpha value is -2.26. The standard InChI is InChI=1S/C20H31N7O2/c1-20(2,3)19-23-22-17(29-19)14-25-8-10-26(11-9-25)16-6-5-7-27(18(16)28)15-12-21-24(4)13-15/h12-13,16H,5-11,14H2,1-4H3/t16-/m0/s1. The zero-order chi connectivity index (χ0) is 20.6. The maximum Gasteiger partial charge on any atom is 0.244 e. The minimum atomic E-state index is -0.133. The minimum absolute atomic E-state index is 0.0398. The summed E-state index contributed by atoms with van der Waals surface area (Å²) in [4.78, 5) is 19.6. The van der Waals surface area contributed by atoms with Gasteiger partial charge in [-0.25, -0.2) is 0 Å². The lowest BCUT2D eigenvalue weighted by atomic mass is 9.97. The van der Waals surface area contributed by atoms with Gasteiger partial charge in [0.15, 0.2) is 0 Å². The third-order valence-electron chi connectivity index (χ3n) is 5.73. The summed E-state index contributed by atoms with van der Waals surface area (Å²) in [7, 11) is 1.88. The normalized spacial score (nSPS) is 22.4. The number of carbonyl (C=O) groups is 1. The molecule has 158 valence electrons. The summed E-state index contributed by atoms with van der Waals surface area (Å²) in [6.45, 7) is 11.2. The molecule has 0 saturated carbocycles. The second-order valence-corrected chi connectivity index (χ2v) is 9.08. The first-order valence-corrected chi connectivity index (χ1v) is 10.4. The van der Waals surface area contributed by atoms with Crippen molar-refractivity contribution in [3.63, 3.8) is 0 Å². The van der Waals surface area contributed by atoms with Crippen LogP contribution in [0.2, 0.25) is 0 Å². The summed E-state index contributed by atoms with van der Waals surface area (Å²) in [6.07, 6.45) is 5.63. The topological polar surface area (TPSA) is 83.5 Å². The lowest BCUT2D eigenvalue weighted by molar-refractivity contribution is -0.126. The zero-order valence-corrected chi connectivity index (χ0v) is 17.8. The number of carbonyl (C=O) groups excluding carboxylic acids is 1. The summed E-state index contributed by atoms with van der Waals surface area (Å²) in [5.74, 6) is 1.54. The summed E-state index contributed by atoms with van der Waals surface area (Å²) in [5.41, 5.74) is 0.762. The molecule has 1 amide bonds. The van der Waals surface area contributed by atoms with Crippen molar-refractivity contribution < 1.29 is 9.21 Å². The molecule has 2 aliphatic rings. The molecule has 4 heterocycles. The molecule has 1 atom stereocenters. The second-order valence-electron chi connectivity index (χ2n) is 9.08. The van der Waals surface area contributed by atoms with Crippen molar-refractivity contribution in [3.8, 4) is 0 Å². The largest absolute Gasteiger partial charge is 0.423 e. The predicted molar refractivity (Wildman–Crippen MR) is 108 cm³/mol. The van der Waals surface area contributed by atoms with E-state index in [0.717, 1.165) is 51.3 Å². The van der Waals surface area contributed by atoms with Crippen LogP contribution >= 0.6 is 0 Å². The highest BCUT2D eigenvalue weighted by Crippen LogP contribution is 2.25. The van der Waals surface area contributed by atoms with Crippen molar-refractivity contribution in [2.45, 2.75) is 51.6 Å². The van der Waals surface area contributed by atoms with Crippen LogP contribution in [-0.4, -0.2) is 74.5 Å². The van der Waals surface area contributed by atoms with Crippen LogP contribution in [0.5, 0.6) is 0 Å². The van der Waals surface area contributed by atoms with Crippen molar-refractivity contribution in [2.24, 2.45) is 7.05 Å². The summed E-state index contributed by atoms with van der Waals surface area (Å²) >= 11 is 0. The van der Waals surface area contributed by atoms with Crippen LogP contribution in [0.4, 0.5) is 5.69 Å². The molecular formula is C20H31N7O2. The van der Waals surface area contributed by atoms with Crippen LogP contribution in [0, 0.1) is 0 Å². The summed E-state index contributed by atoms with van der Waals surface area (Å²) in [6, 6.07) is -0.0398. The number of aromatic nitrogens is 4. The fourth-order valence-electron chi connectivity index (χ4n) is 4.04. The van der Waals surface area contributed by atoms with Crippen molar-refractivity contribution in [1.82, 2.24) is 29.8 Å². The number of aryl methyl sites for hydroxylation is 1. The van der Waals surface area contributed by atoms with Crippen molar-refractivity contribution in [2.75, 3.05) is 37.6 Å². The number of hydrogen-bond donors (Lipinski definition) is 0. The average molecular weight is 402 g/mol. The Labute approximate surface area is 171 Å². The molecule has 0 spiro atoms. The van der Waals surface area contributed by atoms with Crippen molar-refractivity contribution in [1.29, 1.82) is 0 Å². The van der Waals surface area contributed by atoms with Crippen molar-refractivity contribution in [3.05, 3.63) is 24.2 Å². The SMILES string of the molecule is Cn1cc(N2CCC[C@H](N3CCN(Cc4nnc(C(C)(C)C)o4)CC3)C2=O)cn1. The molecule has 2 aromatic rings.